The Hall–Kier alpha value is -0.880. The van der Waals surface area contributed by atoms with Crippen molar-refractivity contribution in [3.63, 3.8) is 0 Å². The van der Waals surface area contributed by atoms with Crippen LogP contribution in [-0.4, -0.2) is 44.5 Å². The summed E-state index contributed by atoms with van der Waals surface area (Å²) in [5.41, 5.74) is 0. The number of carbonyl (C=O) groups excluding carboxylic acids is 1. The predicted molar refractivity (Wildman–Crippen MR) is 53.1 cm³/mol. The van der Waals surface area contributed by atoms with Crippen molar-refractivity contribution in [1.82, 2.24) is 9.62 Å². The maximum absolute atomic E-state index is 11.3. The fourth-order valence-electron chi connectivity index (χ4n) is 1.19. The molecule has 1 aliphatic rings. The van der Waals surface area contributed by atoms with E-state index in [0.29, 0.717) is 19.6 Å². The number of sulfonamides is 1. The van der Waals surface area contributed by atoms with Gasteiger partial charge in [0.05, 0.1) is 12.2 Å². The van der Waals surface area contributed by atoms with Gasteiger partial charge in [0.15, 0.2) is 0 Å². The zero-order valence-electron chi connectivity index (χ0n) is 8.06. The molecule has 5 nitrogen and oxygen atoms in total. The number of hydrogen-bond acceptors (Lipinski definition) is 3. The van der Waals surface area contributed by atoms with Crippen LogP contribution in [0.3, 0.4) is 0 Å². The van der Waals surface area contributed by atoms with Crippen molar-refractivity contribution in [1.29, 1.82) is 0 Å². The number of nitrogens with one attached hydrogen (secondary N) is 1. The first-order valence-corrected chi connectivity index (χ1v) is 6.13. The second-order valence-electron chi connectivity index (χ2n) is 3.31. The molecule has 1 aliphatic heterocycles. The number of hydrogen-bond donors (Lipinski definition) is 1. The third-order valence-corrected chi connectivity index (χ3v) is 3.34. The van der Waals surface area contributed by atoms with Gasteiger partial charge in [-0.15, -0.1) is 6.58 Å². The van der Waals surface area contributed by atoms with Gasteiger partial charge in [0.25, 0.3) is 0 Å². The molecule has 0 bridgehead atoms. The molecule has 0 saturated carbocycles. The molecule has 0 aromatic rings. The standard InChI is InChI=1S/C8H14N2O3S/c1-3-4-9-8(11)7-5-10(6-7)14(2,12)13/h3,7H,1,4-6H2,2H3,(H,9,11). The zero-order chi connectivity index (χ0) is 10.8. The summed E-state index contributed by atoms with van der Waals surface area (Å²) in [5, 5.41) is 2.63. The molecule has 1 N–H and O–H groups in total. The van der Waals surface area contributed by atoms with Crippen LogP contribution < -0.4 is 5.32 Å². The van der Waals surface area contributed by atoms with Gasteiger partial charge in [-0.3, -0.25) is 4.79 Å². The highest BCUT2D eigenvalue weighted by molar-refractivity contribution is 7.88. The molecule has 1 fully saturated rings. The van der Waals surface area contributed by atoms with Crippen molar-refractivity contribution in [2.45, 2.75) is 0 Å². The molecular weight excluding hydrogens is 204 g/mol. The average Bonchev–Trinajstić information content (AvgIpc) is 1.94. The minimum absolute atomic E-state index is 0.107. The summed E-state index contributed by atoms with van der Waals surface area (Å²) in [4.78, 5) is 11.3. The van der Waals surface area contributed by atoms with Gasteiger partial charge in [0, 0.05) is 19.6 Å². The number of carbonyl (C=O) groups is 1. The van der Waals surface area contributed by atoms with Crippen LogP contribution in [0.2, 0.25) is 0 Å². The molecule has 1 saturated heterocycles. The highest BCUT2D eigenvalue weighted by Gasteiger charge is 2.37. The summed E-state index contributed by atoms with van der Waals surface area (Å²) in [6.45, 7) is 4.48. The Morgan fingerprint density at radius 3 is 2.64 bits per heavy atom. The molecular formula is C8H14N2O3S. The van der Waals surface area contributed by atoms with E-state index in [1.807, 2.05) is 0 Å². The van der Waals surface area contributed by atoms with E-state index in [1.54, 1.807) is 6.08 Å². The van der Waals surface area contributed by atoms with Crippen molar-refractivity contribution >= 4 is 15.9 Å². The van der Waals surface area contributed by atoms with Crippen molar-refractivity contribution in [3.05, 3.63) is 12.7 Å². The molecule has 1 heterocycles. The molecule has 1 amide bonds. The van der Waals surface area contributed by atoms with Crippen LogP contribution in [0.15, 0.2) is 12.7 Å². The van der Waals surface area contributed by atoms with Crippen LogP contribution in [0.4, 0.5) is 0 Å². The lowest BCUT2D eigenvalue weighted by molar-refractivity contribution is -0.127. The Labute approximate surface area is 83.8 Å². The Morgan fingerprint density at radius 2 is 2.21 bits per heavy atom. The topological polar surface area (TPSA) is 66.5 Å². The monoisotopic (exact) mass is 218 g/mol. The quantitative estimate of drug-likeness (QED) is 0.627. The maximum atomic E-state index is 11.3. The van der Waals surface area contributed by atoms with E-state index in [-0.39, 0.29) is 11.8 Å². The number of amides is 1. The van der Waals surface area contributed by atoms with Gasteiger partial charge in [-0.2, -0.15) is 0 Å². The molecule has 6 heteroatoms. The SMILES string of the molecule is C=CCNC(=O)C1CN(S(C)(=O)=O)C1. The van der Waals surface area contributed by atoms with Crippen molar-refractivity contribution in [2.24, 2.45) is 5.92 Å². The molecule has 80 valence electrons. The fourth-order valence-corrected chi connectivity index (χ4v) is 2.09. The predicted octanol–water partition coefficient (Wildman–Crippen LogP) is -0.820. The lowest BCUT2D eigenvalue weighted by Gasteiger charge is -2.35. The fraction of sp³-hybridized carbons (Fsp3) is 0.625. The first-order chi connectivity index (χ1) is 6.45. The van der Waals surface area contributed by atoms with E-state index >= 15 is 0 Å². The normalized spacial score (nSPS) is 18.6. The molecule has 0 aromatic carbocycles. The third-order valence-electron chi connectivity index (χ3n) is 2.11. The maximum Gasteiger partial charge on any atom is 0.226 e. The van der Waals surface area contributed by atoms with Crippen LogP contribution in [0.1, 0.15) is 0 Å². The van der Waals surface area contributed by atoms with E-state index in [9.17, 15) is 13.2 Å². The zero-order valence-corrected chi connectivity index (χ0v) is 8.88. The van der Waals surface area contributed by atoms with E-state index in [2.05, 4.69) is 11.9 Å². The Bertz CT molecular complexity index is 330. The molecule has 0 aromatic heterocycles. The molecule has 0 aliphatic carbocycles. The average molecular weight is 218 g/mol. The lowest BCUT2D eigenvalue weighted by Crippen LogP contribution is -2.55. The van der Waals surface area contributed by atoms with Gasteiger partial charge in [-0.25, -0.2) is 12.7 Å². The van der Waals surface area contributed by atoms with Gasteiger partial charge in [0.1, 0.15) is 0 Å². The first kappa shape index (κ1) is 11.2. The van der Waals surface area contributed by atoms with Gasteiger partial charge >= 0.3 is 0 Å². The first-order valence-electron chi connectivity index (χ1n) is 4.29. The van der Waals surface area contributed by atoms with E-state index in [0.717, 1.165) is 6.26 Å². The van der Waals surface area contributed by atoms with Crippen molar-refractivity contribution < 1.29 is 13.2 Å². The highest BCUT2D eigenvalue weighted by Crippen LogP contribution is 2.18. The summed E-state index contributed by atoms with van der Waals surface area (Å²) in [6, 6.07) is 0. The second-order valence-corrected chi connectivity index (χ2v) is 5.29. The summed E-state index contributed by atoms with van der Waals surface area (Å²) < 4.78 is 23.2. The van der Waals surface area contributed by atoms with Crippen LogP contribution in [-0.2, 0) is 14.8 Å². The molecule has 0 radical (unpaired) electrons. The Morgan fingerprint density at radius 1 is 1.64 bits per heavy atom. The van der Waals surface area contributed by atoms with Crippen molar-refractivity contribution in [2.75, 3.05) is 25.9 Å². The van der Waals surface area contributed by atoms with E-state index < -0.39 is 10.0 Å². The van der Waals surface area contributed by atoms with Crippen LogP contribution in [0.5, 0.6) is 0 Å². The molecule has 14 heavy (non-hydrogen) atoms. The van der Waals surface area contributed by atoms with Crippen LogP contribution in [0.25, 0.3) is 0 Å². The van der Waals surface area contributed by atoms with Gasteiger partial charge in [-0.05, 0) is 0 Å². The smallest absolute Gasteiger partial charge is 0.226 e. The number of rotatable bonds is 4. The van der Waals surface area contributed by atoms with E-state index in [1.165, 1.54) is 4.31 Å². The summed E-state index contributed by atoms with van der Waals surface area (Å²) in [5.74, 6) is -0.311. The summed E-state index contributed by atoms with van der Waals surface area (Å²) in [7, 11) is -3.12. The molecule has 0 atom stereocenters. The van der Waals surface area contributed by atoms with Crippen LogP contribution in [0, 0.1) is 5.92 Å². The lowest BCUT2D eigenvalue weighted by atomic mass is 10.0. The van der Waals surface area contributed by atoms with Crippen molar-refractivity contribution in [3.8, 4) is 0 Å². The Kier molecular flexibility index (Phi) is 3.28. The van der Waals surface area contributed by atoms with E-state index in [4.69, 9.17) is 0 Å². The molecule has 0 unspecified atom stereocenters. The minimum atomic E-state index is -3.12. The molecule has 1 rings (SSSR count). The van der Waals surface area contributed by atoms with Gasteiger partial charge in [0.2, 0.25) is 15.9 Å². The Balaban J connectivity index is 2.34. The summed E-state index contributed by atoms with van der Waals surface area (Å²) in [6.07, 6.45) is 2.73. The highest BCUT2D eigenvalue weighted by atomic mass is 32.2. The molecule has 0 spiro atoms. The van der Waals surface area contributed by atoms with Crippen LogP contribution >= 0.6 is 0 Å². The summed E-state index contributed by atoms with van der Waals surface area (Å²) >= 11 is 0. The number of nitrogens with zero attached hydrogens (tertiary/aromatic N) is 1. The minimum Gasteiger partial charge on any atom is -0.352 e. The largest absolute Gasteiger partial charge is 0.352 e. The van der Waals surface area contributed by atoms with Gasteiger partial charge in [-0.1, -0.05) is 6.08 Å². The second kappa shape index (κ2) is 4.10. The third kappa shape index (κ3) is 2.55. The van der Waals surface area contributed by atoms with Gasteiger partial charge < -0.3 is 5.32 Å².